The number of benzene rings is 3. The molecule has 0 heterocycles. The molecule has 0 atom stereocenters. The Balaban J connectivity index is 1.57. The zero-order valence-electron chi connectivity index (χ0n) is 21.0. The Morgan fingerprint density at radius 2 is 1.81 bits per heavy atom. The highest BCUT2D eigenvalue weighted by Gasteiger charge is 2.12. The van der Waals surface area contributed by atoms with E-state index in [1.165, 1.54) is 18.2 Å². The lowest BCUT2D eigenvalue weighted by atomic mass is 9.98. The minimum absolute atomic E-state index is 0.211. The highest BCUT2D eigenvalue weighted by molar-refractivity contribution is 6.30. The second-order valence-corrected chi connectivity index (χ2v) is 9.12. The van der Waals surface area contributed by atoms with Gasteiger partial charge in [0.2, 0.25) is 0 Å². The number of aryl methyl sites for hydroxylation is 1. The van der Waals surface area contributed by atoms with Crippen LogP contribution in [0.5, 0.6) is 17.2 Å². The van der Waals surface area contributed by atoms with Crippen molar-refractivity contribution in [2.75, 3.05) is 13.7 Å². The van der Waals surface area contributed by atoms with Crippen LogP contribution in [0.1, 0.15) is 54.9 Å². The van der Waals surface area contributed by atoms with Crippen molar-refractivity contribution in [2.45, 2.75) is 39.5 Å². The largest absolute Gasteiger partial charge is 0.494 e. The van der Waals surface area contributed by atoms with E-state index in [4.69, 9.17) is 25.8 Å². The molecule has 0 aliphatic heterocycles. The third-order valence-electron chi connectivity index (χ3n) is 5.66. The van der Waals surface area contributed by atoms with Crippen molar-refractivity contribution < 1.29 is 19.0 Å². The molecule has 0 spiro atoms. The second-order valence-electron chi connectivity index (χ2n) is 8.69. The van der Waals surface area contributed by atoms with E-state index in [1.54, 1.807) is 48.5 Å². The first-order chi connectivity index (χ1) is 17.3. The average molecular weight is 504 g/mol. The summed E-state index contributed by atoms with van der Waals surface area (Å²) < 4.78 is 16.7. The minimum Gasteiger partial charge on any atom is -0.494 e. The van der Waals surface area contributed by atoms with E-state index in [0.717, 1.165) is 16.9 Å². The Kier molecular flexibility index (Phi) is 9.55. The van der Waals surface area contributed by atoms with Crippen molar-refractivity contribution >= 4 is 29.2 Å². The van der Waals surface area contributed by atoms with Crippen LogP contribution in [0.4, 0.5) is 0 Å². The van der Waals surface area contributed by atoms with E-state index >= 15 is 0 Å². The molecular formula is C30H30ClNO4. The van der Waals surface area contributed by atoms with Gasteiger partial charge in [0.05, 0.1) is 25.4 Å². The fourth-order valence-electron chi connectivity index (χ4n) is 3.80. The van der Waals surface area contributed by atoms with Crippen LogP contribution < -0.4 is 14.2 Å². The Bertz CT molecular complexity index is 1270. The summed E-state index contributed by atoms with van der Waals surface area (Å²) in [6, 6.07) is 20.5. The van der Waals surface area contributed by atoms with Crippen LogP contribution in [0, 0.1) is 18.3 Å². The van der Waals surface area contributed by atoms with Crippen molar-refractivity contribution in [2.24, 2.45) is 0 Å². The van der Waals surface area contributed by atoms with Gasteiger partial charge >= 0.3 is 5.97 Å². The second kappa shape index (κ2) is 12.8. The van der Waals surface area contributed by atoms with Gasteiger partial charge in [-0.25, -0.2) is 0 Å². The SMILES string of the molecule is COc1cc(/C=C(\C#N)c2ccc(Cl)cc2)ccc1OC(=O)CCCOc1ccc(C(C)C)c(C)c1. The molecule has 0 N–H and O–H groups in total. The summed E-state index contributed by atoms with van der Waals surface area (Å²) in [5.41, 5.74) is 4.47. The maximum absolute atomic E-state index is 12.4. The maximum Gasteiger partial charge on any atom is 0.311 e. The number of carbonyl (C=O) groups excluding carboxylic acids is 1. The highest BCUT2D eigenvalue weighted by Crippen LogP contribution is 2.30. The van der Waals surface area contributed by atoms with Gasteiger partial charge in [0, 0.05) is 11.4 Å². The van der Waals surface area contributed by atoms with Crippen molar-refractivity contribution in [1.29, 1.82) is 5.26 Å². The molecule has 3 aromatic rings. The number of nitriles is 1. The van der Waals surface area contributed by atoms with Crippen LogP contribution in [-0.2, 0) is 4.79 Å². The van der Waals surface area contributed by atoms with Gasteiger partial charge in [-0.15, -0.1) is 0 Å². The zero-order chi connectivity index (χ0) is 26.1. The average Bonchev–Trinajstić information content (AvgIpc) is 2.86. The Labute approximate surface area is 217 Å². The first-order valence-electron chi connectivity index (χ1n) is 11.8. The number of esters is 1. The molecule has 0 unspecified atom stereocenters. The van der Waals surface area contributed by atoms with Crippen molar-refractivity contribution in [3.63, 3.8) is 0 Å². The van der Waals surface area contributed by atoms with E-state index in [2.05, 4.69) is 32.9 Å². The van der Waals surface area contributed by atoms with Crippen LogP contribution in [0.15, 0.2) is 60.7 Å². The molecule has 6 heteroatoms. The fourth-order valence-corrected chi connectivity index (χ4v) is 3.93. The number of hydrogen-bond donors (Lipinski definition) is 0. The first-order valence-corrected chi connectivity index (χ1v) is 12.2. The zero-order valence-corrected chi connectivity index (χ0v) is 21.8. The summed E-state index contributed by atoms with van der Waals surface area (Å²) >= 11 is 5.94. The summed E-state index contributed by atoms with van der Waals surface area (Å²) in [5, 5.41) is 10.2. The summed E-state index contributed by atoms with van der Waals surface area (Å²) in [6.07, 6.45) is 2.48. The molecule has 3 aromatic carbocycles. The Morgan fingerprint density at radius 1 is 1.06 bits per heavy atom. The van der Waals surface area contributed by atoms with Gasteiger partial charge < -0.3 is 14.2 Å². The standard InChI is InChI=1S/C30H30ClNO4/c1-20(2)27-13-12-26(16-21(27)3)35-15-5-6-30(33)36-28-14-7-22(18-29(28)34-4)17-24(19-32)23-8-10-25(31)11-9-23/h7-14,16-18,20H,5-6,15H2,1-4H3/b24-17+. The molecule has 0 radical (unpaired) electrons. The molecular weight excluding hydrogens is 474 g/mol. The summed E-state index contributed by atoms with van der Waals surface area (Å²) in [5.74, 6) is 1.62. The molecule has 0 aromatic heterocycles. The molecule has 36 heavy (non-hydrogen) atoms. The third-order valence-corrected chi connectivity index (χ3v) is 5.91. The minimum atomic E-state index is -0.370. The number of rotatable bonds is 10. The monoisotopic (exact) mass is 503 g/mol. The van der Waals surface area contributed by atoms with E-state index < -0.39 is 0 Å². The van der Waals surface area contributed by atoms with Gasteiger partial charge in [-0.1, -0.05) is 49.7 Å². The topological polar surface area (TPSA) is 68.5 Å². The van der Waals surface area contributed by atoms with E-state index in [9.17, 15) is 10.1 Å². The number of hydrogen-bond acceptors (Lipinski definition) is 5. The van der Waals surface area contributed by atoms with Crippen molar-refractivity contribution in [3.05, 3.63) is 87.9 Å². The van der Waals surface area contributed by atoms with Crippen LogP contribution >= 0.6 is 11.6 Å². The van der Waals surface area contributed by atoms with Crippen molar-refractivity contribution in [3.8, 4) is 23.3 Å². The summed E-state index contributed by atoms with van der Waals surface area (Å²) in [6.45, 7) is 6.82. The van der Waals surface area contributed by atoms with Crippen LogP contribution in [-0.4, -0.2) is 19.7 Å². The highest BCUT2D eigenvalue weighted by atomic mass is 35.5. The van der Waals surface area contributed by atoms with Gasteiger partial charge in [0.15, 0.2) is 11.5 Å². The number of carbonyl (C=O) groups is 1. The lowest BCUT2D eigenvalue weighted by molar-refractivity contribution is -0.134. The van der Waals surface area contributed by atoms with E-state index in [1.807, 2.05) is 12.1 Å². The predicted octanol–water partition coefficient (Wildman–Crippen LogP) is 7.61. The molecule has 186 valence electrons. The van der Waals surface area contributed by atoms with E-state index in [0.29, 0.717) is 41.0 Å². The smallest absolute Gasteiger partial charge is 0.311 e. The van der Waals surface area contributed by atoms with Gasteiger partial charge in [0.1, 0.15) is 5.75 Å². The molecule has 0 saturated carbocycles. The first kappa shape index (κ1) is 26.8. The molecule has 0 fully saturated rings. The lowest BCUT2D eigenvalue weighted by Crippen LogP contribution is -2.10. The number of allylic oxidation sites excluding steroid dienone is 1. The number of ether oxygens (including phenoxy) is 3. The maximum atomic E-state index is 12.4. The summed E-state index contributed by atoms with van der Waals surface area (Å²) in [4.78, 5) is 12.4. The number of nitrogens with zero attached hydrogens (tertiary/aromatic N) is 1. The van der Waals surface area contributed by atoms with Gasteiger partial charge in [-0.3, -0.25) is 4.79 Å². The Hall–Kier alpha value is -3.75. The lowest BCUT2D eigenvalue weighted by Gasteiger charge is -2.13. The normalized spacial score (nSPS) is 11.2. The van der Waals surface area contributed by atoms with E-state index in [-0.39, 0.29) is 12.4 Å². The molecule has 0 bridgehead atoms. The molecule has 0 aliphatic rings. The van der Waals surface area contributed by atoms with Gasteiger partial charge in [0.25, 0.3) is 0 Å². The summed E-state index contributed by atoms with van der Waals surface area (Å²) in [7, 11) is 1.50. The number of methoxy groups -OCH3 is 1. The number of halogens is 1. The molecule has 0 aliphatic carbocycles. The molecule has 3 rings (SSSR count). The molecule has 5 nitrogen and oxygen atoms in total. The van der Waals surface area contributed by atoms with Gasteiger partial charge in [-0.2, -0.15) is 5.26 Å². The molecule has 0 saturated heterocycles. The third kappa shape index (κ3) is 7.37. The predicted molar refractivity (Wildman–Crippen MR) is 144 cm³/mol. The Morgan fingerprint density at radius 3 is 2.44 bits per heavy atom. The van der Waals surface area contributed by atoms with Crippen molar-refractivity contribution in [1.82, 2.24) is 0 Å². The molecule has 0 amide bonds. The fraction of sp³-hybridized carbons (Fsp3) is 0.267. The quantitative estimate of drug-likeness (QED) is 0.0935. The van der Waals surface area contributed by atoms with Crippen LogP contribution in [0.25, 0.3) is 11.6 Å². The van der Waals surface area contributed by atoms with Gasteiger partial charge in [-0.05, 0) is 84.0 Å². The van der Waals surface area contributed by atoms with Crippen LogP contribution in [0.2, 0.25) is 5.02 Å². The van der Waals surface area contributed by atoms with Crippen LogP contribution in [0.3, 0.4) is 0 Å².